The van der Waals surface area contributed by atoms with Gasteiger partial charge in [0.1, 0.15) is 5.82 Å². The summed E-state index contributed by atoms with van der Waals surface area (Å²) < 4.78 is 18.8. The lowest BCUT2D eigenvalue weighted by Gasteiger charge is -2.07. The lowest BCUT2D eigenvalue weighted by molar-refractivity contribution is 0.117. The van der Waals surface area contributed by atoms with Crippen LogP contribution in [-0.2, 0) is 11.3 Å². The number of ether oxygens (including phenoxy) is 1. The summed E-state index contributed by atoms with van der Waals surface area (Å²) >= 11 is 4.64. The summed E-state index contributed by atoms with van der Waals surface area (Å²) in [5.41, 5.74) is 9.25. The van der Waals surface area contributed by atoms with E-state index in [9.17, 15) is 4.39 Å². The van der Waals surface area contributed by atoms with Gasteiger partial charge in [0.15, 0.2) is 5.11 Å². The SMILES string of the molecule is CCCCCOCc1cc(F)ccc1C=NNC(N)=S. The van der Waals surface area contributed by atoms with Crippen molar-refractivity contribution >= 4 is 23.5 Å². The monoisotopic (exact) mass is 297 g/mol. The fraction of sp³-hybridized carbons (Fsp3) is 0.429. The maximum Gasteiger partial charge on any atom is 0.184 e. The van der Waals surface area contributed by atoms with Crippen molar-refractivity contribution in [3.05, 3.63) is 35.1 Å². The summed E-state index contributed by atoms with van der Waals surface area (Å²) in [6.07, 6.45) is 4.84. The van der Waals surface area contributed by atoms with E-state index in [1.165, 1.54) is 12.1 Å². The molecule has 3 N–H and O–H groups in total. The first kappa shape index (κ1) is 16.5. The quantitative estimate of drug-likeness (QED) is 0.335. The molecular formula is C14H20FN3OS. The molecule has 0 saturated carbocycles. The first-order valence-electron chi connectivity index (χ1n) is 6.58. The average Bonchev–Trinajstić information content (AvgIpc) is 2.40. The van der Waals surface area contributed by atoms with Crippen LogP contribution in [0.25, 0.3) is 0 Å². The number of benzene rings is 1. The molecule has 0 spiro atoms. The number of halogens is 1. The highest BCUT2D eigenvalue weighted by Crippen LogP contribution is 2.11. The second kappa shape index (κ2) is 9.39. The van der Waals surface area contributed by atoms with E-state index in [2.05, 4.69) is 29.7 Å². The molecule has 0 heterocycles. The third-order valence-corrected chi connectivity index (χ3v) is 2.72. The third-order valence-electron chi connectivity index (χ3n) is 2.63. The molecule has 0 unspecified atom stereocenters. The molecule has 20 heavy (non-hydrogen) atoms. The van der Waals surface area contributed by atoms with Crippen molar-refractivity contribution < 1.29 is 9.13 Å². The molecule has 110 valence electrons. The van der Waals surface area contributed by atoms with Crippen molar-refractivity contribution in [2.24, 2.45) is 10.8 Å². The van der Waals surface area contributed by atoms with Gasteiger partial charge >= 0.3 is 0 Å². The number of hydrogen-bond donors (Lipinski definition) is 2. The van der Waals surface area contributed by atoms with Crippen LogP contribution in [0.1, 0.15) is 37.3 Å². The van der Waals surface area contributed by atoms with Gasteiger partial charge < -0.3 is 10.5 Å². The molecule has 0 aromatic heterocycles. The number of nitrogens with two attached hydrogens (primary N) is 1. The summed E-state index contributed by atoms with van der Waals surface area (Å²) in [6, 6.07) is 4.47. The normalized spacial score (nSPS) is 10.9. The van der Waals surface area contributed by atoms with Crippen LogP contribution in [-0.4, -0.2) is 17.9 Å². The molecule has 1 aromatic carbocycles. The molecule has 0 radical (unpaired) electrons. The number of thiocarbonyl (C=S) groups is 1. The Bertz CT molecular complexity index is 466. The van der Waals surface area contributed by atoms with E-state index in [0.29, 0.717) is 13.2 Å². The van der Waals surface area contributed by atoms with Crippen LogP contribution in [0.15, 0.2) is 23.3 Å². The Kier molecular flexibility index (Phi) is 7.75. The van der Waals surface area contributed by atoms with Gasteiger partial charge in [-0.25, -0.2) is 4.39 Å². The molecule has 0 aliphatic heterocycles. The van der Waals surface area contributed by atoms with E-state index in [1.54, 1.807) is 12.3 Å². The predicted octanol–water partition coefficient (Wildman–Crippen LogP) is 2.70. The molecule has 0 saturated heterocycles. The minimum atomic E-state index is -0.295. The van der Waals surface area contributed by atoms with Gasteiger partial charge in [0, 0.05) is 12.2 Å². The fourth-order valence-electron chi connectivity index (χ4n) is 1.63. The van der Waals surface area contributed by atoms with Crippen molar-refractivity contribution in [2.75, 3.05) is 6.61 Å². The van der Waals surface area contributed by atoms with Crippen LogP contribution in [0.4, 0.5) is 4.39 Å². The fourth-order valence-corrected chi connectivity index (χ4v) is 1.68. The van der Waals surface area contributed by atoms with Crippen LogP contribution < -0.4 is 11.2 Å². The maximum absolute atomic E-state index is 13.3. The number of hydrogen-bond acceptors (Lipinski definition) is 3. The maximum atomic E-state index is 13.3. The van der Waals surface area contributed by atoms with Crippen molar-refractivity contribution in [1.82, 2.24) is 5.43 Å². The van der Waals surface area contributed by atoms with Crippen molar-refractivity contribution in [3.63, 3.8) is 0 Å². The summed E-state index contributed by atoms with van der Waals surface area (Å²) in [4.78, 5) is 0. The Balaban J connectivity index is 2.60. The highest BCUT2D eigenvalue weighted by molar-refractivity contribution is 7.80. The molecule has 6 heteroatoms. The van der Waals surface area contributed by atoms with E-state index in [4.69, 9.17) is 10.5 Å². The molecule has 0 atom stereocenters. The van der Waals surface area contributed by atoms with Crippen LogP contribution in [0, 0.1) is 5.82 Å². The number of unbranched alkanes of at least 4 members (excludes halogenated alkanes) is 2. The Morgan fingerprint density at radius 2 is 2.30 bits per heavy atom. The van der Waals surface area contributed by atoms with Gasteiger partial charge in [0.2, 0.25) is 0 Å². The number of hydrazone groups is 1. The smallest absolute Gasteiger partial charge is 0.184 e. The van der Waals surface area contributed by atoms with Crippen LogP contribution in [0.5, 0.6) is 0 Å². The zero-order valence-corrected chi connectivity index (χ0v) is 12.4. The highest BCUT2D eigenvalue weighted by atomic mass is 32.1. The molecule has 0 fully saturated rings. The molecule has 0 bridgehead atoms. The zero-order valence-electron chi connectivity index (χ0n) is 11.6. The molecule has 0 aliphatic rings. The van der Waals surface area contributed by atoms with Gasteiger partial charge in [-0.1, -0.05) is 25.8 Å². The highest BCUT2D eigenvalue weighted by Gasteiger charge is 2.03. The molecule has 1 rings (SSSR count). The Hall–Kier alpha value is -1.53. The molecular weight excluding hydrogens is 277 g/mol. The molecule has 1 aromatic rings. The van der Waals surface area contributed by atoms with Crippen LogP contribution >= 0.6 is 12.2 Å². The van der Waals surface area contributed by atoms with E-state index in [-0.39, 0.29) is 10.9 Å². The lowest BCUT2D eigenvalue weighted by atomic mass is 10.1. The summed E-state index contributed by atoms with van der Waals surface area (Å²) in [7, 11) is 0. The number of nitrogens with zero attached hydrogens (tertiary/aromatic N) is 1. The van der Waals surface area contributed by atoms with Gasteiger partial charge in [-0.15, -0.1) is 0 Å². The largest absolute Gasteiger partial charge is 0.377 e. The number of rotatable bonds is 8. The van der Waals surface area contributed by atoms with Crippen molar-refractivity contribution in [2.45, 2.75) is 32.8 Å². The zero-order chi connectivity index (χ0) is 14.8. The lowest BCUT2D eigenvalue weighted by Crippen LogP contribution is -2.24. The van der Waals surface area contributed by atoms with E-state index >= 15 is 0 Å². The van der Waals surface area contributed by atoms with E-state index in [0.717, 1.165) is 30.4 Å². The average molecular weight is 297 g/mol. The molecule has 4 nitrogen and oxygen atoms in total. The molecule has 0 amide bonds. The van der Waals surface area contributed by atoms with Gasteiger partial charge in [-0.2, -0.15) is 5.10 Å². The summed E-state index contributed by atoms with van der Waals surface area (Å²) in [5, 5.41) is 3.95. The molecule has 0 aliphatic carbocycles. The minimum absolute atomic E-state index is 0.0840. The predicted molar refractivity (Wildman–Crippen MR) is 83.1 cm³/mol. The minimum Gasteiger partial charge on any atom is -0.377 e. The number of nitrogens with one attached hydrogen (secondary N) is 1. The summed E-state index contributed by atoms with van der Waals surface area (Å²) in [5.74, 6) is -0.295. The van der Waals surface area contributed by atoms with Gasteiger partial charge in [0.25, 0.3) is 0 Å². The Morgan fingerprint density at radius 3 is 3.00 bits per heavy atom. The van der Waals surface area contributed by atoms with Gasteiger partial charge in [-0.3, -0.25) is 5.43 Å². The Morgan fingerprint density at radius 1 is 1.50 bits per heavy atom. The Labute approximate surface area is 124 Å². The topological polar surface area (TPSA) is 59.6 Å². The standard InChI is InChI=1S/C14H20FN3OS/c1-2-3-4-7-19-10-12-8-13(15)6-5-11(12)9-17-18-14(16)20/h5-6,8-9H,2-4,7,10H2,1H3,(H3,16,18,20). The van der Waals surface area contributed by atoms with Crippen LogP contribution in [0.3, 0.4) is 0 Å². The first-order chi connectivity index (χ1) is 9.63. The summed E-state index contributed by atoms with van der Waals surface area (Å²) in [6.45, 7) is 3.16. The van der Waals surface area contributed by atoms with Crippen molar-refractivity contribution in [3.8, 4) is 0 Å². The first-order valence-corrected chi connectivity index (χ1v) is 6.99. The van der Waals surface area contributed by atoms with E-state index in [1.807, 2.05) is 0 Å². The second-order valence-electron chi connectivity index (χ2n) is 4.34. The van der Waals surface area contributed by atoms with E-state index < -0.39 is 0 Å². The van der Waals surface area contributed by atoms with Crippen molar-refractivity contribution in [1.29, 1.82) is 0 Å². The van der Waals surface area contributed by atoms with Crippen LogP contribution in [0.2, 0.25) is 0 Å². The van der Waals surface area contributed by atoms with Gasteiger partial charge in [-0.05, 0) is 36.3 Å². The van der Waals surface area contributed by atoms with Gasteiger partial charge in [0.05, 0.1) is 12.8 Å². The second-order valence-corrected chi connectivity index (χ2v) is 4.78. The third kappa shape index (κ3) is 6.58.